The summed E-state index contributed by atoms with van der Waals surface area (Å²) in [4.78, 5) is 12.6. The molecule has 1 atom stereocenters. The standard InChI is InChI=1S/C21H30N2O4S/c1-15(2)12-13-23(19(20(24)22-25)21(3,4)5)28(26,27)18-11-10-16-8-6-7-9-17(16)14-18/h6-11,14-15,19,25H,12-13H2,1-5H3,(H,22,24). The Bertz CT molecular complexity index is 933. The molecule has 28 heavy (non-hydrogen) atoms. The first-order valence-electron chi connectivity index (χ1n) is 9.43. The number of hydrogen-bond donors (Lipinski definition) is 2. The largest absolute Gasteiger partial charge is 0.289 e. The van der Waals surface area contributed by atoms with E-state index >= 15 is 0 Å². The number of carbonyl (C=O) groups is 1. The number of amides is 1. The van der Waals surface area contributed by atoms with Crippen LogP contribution in [0.1, 0.15) is 41.0 Å². The average molecular weight is 407 g/mol. The van der Waals surface area contributed by atoms with Crippen LogP contribution < -0.4 is 5.48 Å². The zero-order valence-electron chi connectivity index (χ0n) is 17.1. The van der Waals surface area contributed by atoms with Gasteiger partial charge in [0.1, 0.15) is 6.04 Å². The van der Waals surface area contributed by atoms with Gasteiger partial charge in [-0.3, -0.25) is 10.0 Å². The monoisotopic (exact) mass is 406 g/mol. The van der Waals surface area contributed by atoms with Crippen LogP contribution in [0.25, 0.3) is 10.8 Å². The van der Waals surface area contributed by atoms with Gasteiger partial charge in [-0.25, -0.2) is 13.9 Å². The van der Waals surface area contributed by atoms with E-state index in [1.165, 1.54) is 4.31 Å². The zero-order chi connectivity index (χ0) is 21.1. The predicted octanol–water partition coefficient (Wildman–Crippen LogP) is 3.80. The molecule has 0 aliphatic carbocycles. The van der Waals surface area contributed by atoms with E-state index in [9.17, 15) is 18.4 Å². The summed E-state index contributed by atoms with van der Waals surface area (Å²) in [6.45, 7) is 9.53. The molecule has 154 valence electrons. The van der Waals surface area contributed by atoms with Crippen LogP contribution in [-0.4, -0.2) is 36.4 Å². The van der Waals surface area contributed by atoms with Gasteiger partial charge in [-0.2, -0.15) is 4.31 Å². The Morgan fingerprint density at radius 3 is 2.25 bits per heavy atom. The summed E-state index contributed by atoms with van der Waals surface area (Å²) in [5.41, 5.74) is 0.933. The number of rotatable bonds is 7. The predicted molar refractivity (Wildman–Crippen MR) is 110 cm³/mol. The van der Waals surface area contributed by atoms with Gasteiger partial charge < -0.3 is 0 Å². The second kappa shape index (κ2) is 8.59. The van der Waals surface area contributed by atoms with E-state index in [1.54, 1.807) is 44.5 Å². The molecule has 2 N–H and O–H groups in total. The number of hydroxylamine groups is 1. The van der Waals surface area contributed by atoms with Crippen LogP contribution >= 0.6 is 0 Å². The molecule has 0 radical (unpaired) electrons. The van der Waals surface area contributed by atoms with Gasteiger partial charge in [0.05, 0.1) is 4.90 Å². The lowest BCUT2D eigenvalue weighted by Crippen LogP contribution is -2.55. The summed E-state index contributed by atoms with van der Waals surface area (Å²) in [7, 11) is -3.96. The second-order valence-corrected chi connectivity index (χ2v) is 10.4. The maximum absolute atomic E-state index is 13.6. The first-order chi connectivity index (χ1) is 13.0. The lowest BCUT2D eigenvalue weighted by molar-refractivity contribution is -0.136. The Labute approximate surface area is 167 Å². The van der Waals surface area contributed by atoms with E-state index in [0.717, 1.165) is 10.8 Å². The topological polar surface area (TPSA) is 86.7 Å². The van der Waals surface area contributed by atoms with Crippen LogP contribution in [0.15, 0.2) is 47.4 Å². The number of nitrogens with zero attached hydrogens (tertiary/aromatic N) is 1. The van der Waals surface area contributed by atoms with E-state index in [2.05, 4.69) is 0 Å². The number of benzene rings is 2. The summed E-state index contributed by atoms with van der Waals surface area (Å²) >= 11 is 0. The fraction of sp³-hybridized carbons (Fsp3) is 0.476. The number of hydrogen-bond acceptors (Lipinski definition) is 4. The van der Waals surface area contributed by atoms with E-state index in [1.807, 2.05) is 38.1 Å². The van der Waals surface area contributed by atoms with Crippen LogP contribution in [0, 0.1) is 11.3 Å². The van der Waals surface area contributed by atoms with Gasteiger partial charge in [-0.15, -0.1) is 0 Å². The maximum atomic E-state index is 13.6. The molecule has 0 fully saturated rings. The van der Waals surface area contributed by atoms with Crippen LogP contribution in [-0.2, 0) is 14.8 Å². The third-order valence-electron chi connectivity index (χ3n) is 4.72. The van der Waals surface area contributed by atoms with E-state index in [0.29, 0.717) is 6.42 Å². The van der Waals surface area contributed by atoms with Gasteiger partial charge in [0.15, 0.2) is 0 Å². The molecule has 0 aliphatic heterocycles. The highest BCUT2D eigenvalue weighted by Crippen LogP contribution is 2.31. The van der Waals surface area contributed by atoms with Gasteiger partial charge in [0.2, 0.25) is 10.0 Å². The minimum Gasteiger partial charge on any atom is -0.289 e. The Hall–Kier alpha value is -1.96. The maximum Gasteiger partial charge on any atom is 0.262 e. The molecule has 0 spiro atoms. The zero-order valence-corrected chi connectivity index (χ0v) is 18.0. The Morgan fingerprint density at radius 2 is 1.71 bits per heavy atom. The molecule has 0 saturated carbocycles. The highest BCUT2D eigenvalue weighted by Gasteiger charge is 2.42. The minimum absolute atomic E-state index is 0.134. The van der Waals surface area contributed by atoms with Crippen molar-refractivity contribution in [3.05, 3.63) is 42.5 Å². The lowest BCUT2D eigenvalue weighted by atomic mass is 9.86. The Balaban J connectivity index is 2.59. The molecule has 0 aliphatic rings. The Kier molecular flexibility index (Phi) is 6.85. The van der Waals surface area contributed by atoms with Crippen LogP contribution in [0.3, 0.4) is 0 Å². The van der Waals surface area contributed by atoms with Crippen LogP contribution in [0.4, 0.5) is 0 Å². The van der Waals surface area contributed by atoms with Crippen molar-refractivity contribution in [1.29, 1.82) is 0 Å². The minimum atomic E-state index is -3.96. The van der Waals surface area contributed by atoms with Crippen molar-refractivity contribution in [3.8, 4) is 0 Å². The van der Waals surface area contributed by atoms with Crippen molar-refractivity contribution in [2.24, 2.45) is 11.3 Å². The molecule has 6 nitrogen and oxygen atoms in total. The molecule has 0 aromatic heterocycles. The Morgan fingerprint density at radius 1 is 1.11 bits per heavy atom. The molecule has 0 bridgehead atoms. The summed E-state index contributed by atoms with van der Waals surface area (Å²) in [5.74, 6) is -0.479. The molecule has 2 rings (SSSR count). The van der Waals surface area contributed by atoms with Gasteiger partial charge in [0.25, 0.3) is 5.91 Å². The van der Waals surface area contributed by atoms with Crippen molar-refractivity contribution < 1.29 is 18.4 Å². The quantitative estimate of drug-likeness (QED) is 0.541. The first-order valence-corrected chi connectivity index (χ1v) is 10.9. The van der Waals surface area contributed by atoms with E-state index in [-0.39, 0.29) is 17.4 Å². The van der Waals surface area contributed by atoms with E-state index in [4.69, 9.17) is 0 Å². The molecule has 0 saturated heterocycles. The molecular formula is C21H30N2O4S. The van der Waals surface area contributed by atoms with Gasteiger partial charge in [-0.1, -0.05) is 65.0 Å². The van der Waals surface area contributed by atoms with Crippen molar-refractivity contribution in [3.63, 3.8) is 0 Å². The summed E-state index contributed by atoms with van der Waals surface area (Å²) in [6.07, 6.45) is 0.595. The van der Waals surface area contributed by atoms with Crippen LogP contribution in [0.2, 0.25) is 0 Å². The summed E-state index contributed by atoms with van der Waals surface area (Å²) in [6, 6.07) is 11.4. The van der Waals surface area contributed by atoms with Crippen molar-refractivity contribution in [2.45, 2.75) is 52.0 Å². The lowest BCUT2D eigenvalue weighted by Gasteiger charge is -2.38. The fourth-order valence-corrected chi connectivity index (χ4v) is 5.08. The second-order valence-electron chi connectivity index (χ2n) is 8.55. The highest BCUT2D eigenvalue weighted by atomic mass is 32.2. The number of carbonyl (C=O) groups excluding carboxylic acids is 1. The van der Waals surface area contributed by atoms with Crippen molar-refractivity contribution in [2.75, 3.05) is 6.54 Å². The third kappa shape index (κ3) is 4.90. The summed E-state index contributed by atoms with van der Waals surface area (Å²) < 4.78 is 28.3. The van der Waals surface area contributed by atoms with Gasteiger partial charge >= 0.3 is 0 Å². The van der Waals surface area contributed by atoms with E-state index < -0.39 is 27.4 Å². The van der Waals surface area contributed by atoms with Crippen molar-refractivity contribution >= 4 is 26.7 Å². The smallest absolute Gasteiger partial charge is 0.262 e. The molecule has 2 aromatic carbocycles. The molecule has 2 aromatic rings. The fourth-order valence-electron chi connectivity index (χ4n) is 3.25. The summed E-state index contributed by atoms with van der Waals surface area (Å²) in [5, 5.41) is 11.0. The molecule has 1 unspecified atom stereocenters. The molecule has 7 heteroatoms. The first kappa shape index (κ1) is 22.3. The number of sulfonamides is 1. The third-order valence-corrected chi connectivity index (χ3v) is 6.58. The van der Waals surface area contributed by atoms with Gasteiger partial charge in [0, 0.05) is 6.54 Å². The SMILES string of the molecule is CC(C)CCN(C(C(=O)NO)C(C)(C)C)S(=O)(=O)c1ccc2ccccc2c1. The highest BCUT2D eigenvalue weighted by molar-refractivity contribution is 7.89. The number of fused-ring (bicyclic) bond motifs is 1. The normalized spacial score (nSPS) is 13.9. The molecule has 0 heterocycles. The van der Waals surface area contributed by atoms with Crippen molar-refractivity contribution in [1.82, 2.24) is 9.79 Å². The number of nitrogens with one attached hydrogen (secondary N) is 1. The van der Waals surface area contributed by atoms with Crippen LogP contribution in [0.5, 0.6) is 0 Å². The average Bonchev–Trinajstić information content (AvgIpc) is 2.62. The molecular weight excluding hydrogens is 376 g/mol. The van der Waals surface area contributed by atoms with Gasteiger partial charge in [-0.05, 0) is 40.7 Å². The molecule has 1 amide bonds.